The number of hydrogen-bond donors (Lipinski definition) is 1. The van der Waals surface area contributed by atoms with Gasteiger partial charge >= 0.3 is 0 Å². The Hall–Kier alpha value is -1.45. The van der Waals surface area contributed by atoms with Gasteiger partial charge in [0.05, 0.1) is 10.0 Å². The van der Waals surface area contributed by atoms with Gasteiger partial charge in [0.25, 0.3) is 5.56 Å². The summed E-state index contributed by atoms with van der Waals surface area (Å²) in [6, 6.07) is 5.11. The van der Waals surface area contributed by atoms with Gasteiger partial charge in [-0.15, -0.1) is 0 Å². The number of rotatable bonds is 2. The van der Waals surface area contributed by atoms with Crippen LogP contribution in [0.3, 0.4) is 0 Å². The number of hydrogen-bond acceptors (Lipinski definition) is 2. The molecule has 1 atom stereocenters. The largest absolute Gasteiger partial charge is 0.508 e. The van der Waals surface area contributed by atoms with E-state index in [1.165, 1.54) is 0 Å². The zero-order chi connectivity index (χ0) is 15.1. The highest BCUT2D eigenvalue weighted by atomic mass is 35.5. The van der Waals surface area contributed by atoms with E-state index < -0.39 is 0 Å². The van der Waals surface area contributed by atoms with Crippen LogP contribution in [0.1, 0.15) is 29.5 Å². The van der Waals surface area contributed by atoms with Crippen LogP contribution < -0.4 is 5.56 Å². The van der Waals surface area contributed by atoms with Crippen LogP contribution in [-0.4, -0.2) is 9.67 Å². The Labute approximate surface area is 132 Å². The first-order valence-corrected chi connectivity index (χ1v) is 7.66. The predicted octanol–water partition coefficient (Wildman–Crippen LogP) is 3.76. The molecule has 0 amide bonds. The average molecular weight is 324 g/mol. The van der Waals surface area contributed by atoms with E-state index in [1.54, 1.807) is 16.7 Å². The van der Waals surface area contributed by atoms with Crippen LogP contribution in [0, 0.1) is 0 Å². The van der Waals surface area contributed by atoms with E-state index in [4.69, 9.17) is 23.2 Å². The number of aromatic nitrogens is 1. The van der Waals surface area contributed by atoms with Crippen LogP contribution in [0.5, 0.6) is 5.75 Å². The molecule has 21 heavy (non-hydrogen) atoms. The van der Waals surface area contributed by atoms with E-state index in [0.717, 1.165) is 11.1 Å². The number of pyridine rings is 1. The summed E-state index contributed by atoms with van der Waals surface area (Å²) in [5.41, 5.74) is 2.54. The maximum absolute atomic E-state index is 12.3. The van der Waals surface area contributed by atoms with Crippen molar-refractivity contribution in [2.24, 2.45) is 0 Å². The lowest BCUT2D eigenvalue weighted by atomic mass is 9.95. The van der Waals surface area contributed by atoms with Crippen molar-refractivity contribution in [2.45, 2.75) is 32.2 Å². The summed E-state index contributed by atoms with van der Waals surface area (Å²) in [5.74, 6) is 0.129. The van der Waals surface area contributed by atoms with Crippen molar-refractivity contribution in [2.75, 3.05) is 0 Å². The zero-order valence-corrected chi connectivity index (χ0v) is 13.1. The van der Waals surface area contributed by atoms with Gasteiger partial charge in [0, 0.05) is 23.9 Å². The number of benzene rings is 1. The molecular weight excluding hydrogens is 309 g/mol. The summed E-state index contributed by atoms with van der Waals surface area (Å²) < 4.78 is 1.70. The molecular formula is C16H15Cl2NO2. The number of phenols is 1. The van der Waals surface area contributed by atoms with Gasteiger partial charge in [-0.3, -0.25) is 4.79 Å². The molecule has 2 aromatic rings. The van der Waals surface area contributed by atoms with E-state index in [9.17, 15) is 9.90 Å². The lowest BCUT2D eigenvalue weighted by Crippen LogP contribution is -2.22. The van der Waals surface area contributed by atoms with Crippen molar-refractivity contribution in [3.63, 3.8) is 0 Å². The first kappa shape index (κ1) is 14.5. The zero-order valence-electron chi connectivity index (χ0n) is 11.6. The van der Waals surface area contributed by atoms with E-state index in [0.29, 0.717) is 35.0 Å². The summed E-state index contributed by atoms with van der Waals surface area (Å²) >= 11 is 12.3. The third-order valence-electron chi connectivity index (χ3n) is 4.14. The molecule has 0 saturated heterocycles. The fourth-order valence-electron chi connectivity index (χ4n) is 3.05. The lowest BCUT2D eigenvalue weighted by molar-refractivity contribution is 0.462. The minimum Gasteiger partial charge on any atom is -0.508 e. The van der Waals surface area contributed by atoms with Gasteiger partial charge in [-0.2, -0.15) is 0 Å². The first-order valence-electron chi connectivity index (χ1n) is 6.91. The van der Waals surface area contributed by atoms with E-state index >= 15 is 0 Å². The summed E-state index contributed by atoms with van der Waals surface area (Å²) in [4.78, 5) is 12.3. The molecule has 1 aromatic carbocycles. The highest BCUT2D eigenvalue weighted by molar-refractivity contribution is 6.42. The highest BCUT2D eigenvalue weighted by Gasteiger charge is 2.29. The number of nitrogens with zero attached hydrogens (tertiary/aromatic N) is 1. The molecule has 1 aliphatic carbocycles. The molecule has 0 fully saturated rings. The van der Waals surface area contributed by atoms with Crippen molar-refractivity contribution in [3.05, 3.63) is 61.5 Å². The van der Waals surface area contributed by atoms with E-state index in [-0.39, 0.29) is 17.2 Å². The van der Waals surface area contributed by atoms with Gasteiger partial charge in [-0.1, -0.05) is 23.2 Å². The van der Waals surface area contributed by atoms with Crippen molar-refractivity contribution < 1.29 is 5.11 Å². The van der Waals surface area contributed by atoms with Crippen LogP contribution in [-0.2, 0) is 19.4 Å². The molecule has 1 unspecified atom stereocenters. The SMILES string of the molecule is CCn1ccc2c(c1=O)CC(c1c(O)ccc(Cl)c1Cl)C2. The van der Waals surface area contributed by atoms with E-state index in [1.807, 2.05) is 19.2 Å². The number of aromatic hydroxyl groups is 1. The molecule has 3 rings (SSSR count). The number of phenolic OH excluding ortho intramolecular Hbond substituents is 1. The van der Waals surface area contributed by atoms with Crippen molar-refractivity contribution in [1.82, 2.24) is 4.57 Å². The molecule has 1 aliphatic rings. The van der Waals surface area contributed by atoms with Crippen LogP contribution in [0.15, 0.2) is 29.2 Å². The molecule has 1 N–H and O–H groups in total. The maximum Gasteiger partial charge on any atom is 0.254 e. The van der Waals surface area contributed by atoms with Crippen LogP contribution >= 0.6 is 23.2 Å². The predicted molar refractivity (Wildman–Crippen MR) is 84.7 cm³/mol. The molecule has 0 spiro atoms. The van der Waals surface area contributed by atoms with Gasteiger partial charge in [-0.25, -0.2) is 0 Å². The summed E-state index contributed by atoms with van der Waals surface area (Å²) in [7, 11) is 0. The molecule has 0 aliphatic heterocycles. The van der Waals surface area contributed by atoms with E-state index in [2.05, 4.69) is 0 Å². The van der Waals surface area contributed by atoms with Crippen LogP contribution in [0.2, 0.25) is 10.0 Å². The second-order valence-corrected chi connectivity index (χ2v) is 6.10. The number of aryl methyl sites for hydroxylation is 1. The maximum atomic E-state index is 12.3. The third kappa shape index (κ3) is 2.34. The van der Waals surface area contributed by atoms with Crippen molar-refractivity contribution in [1.29, 1.82) is 0 Å². The lowest BCUT2D eigenvalue weighted by Gasteiger charge is -2.14. The minimum absolute atomic E-state index is 0.00777. The molecule has 0 saturated carbocycles. The Kier molecular flexibility index (Phi) is 3.72. The van der Waals surface area contributed by atoms with Crippen molar-refractivity contribution >= 4 is 23.2 Å². The summed E-state index contributed by atoms with van der Waals surface area (Å²) in [6.07, 6.45) is 3.11. The average Bonchev–Trinajstić information content (AvgIpc) is 2.88. The molecule has 0 radical (unpaired) electrons. The van der Waals surface area contributed by atoms with Gasteiger partial charge in [0.15, 0.2) is 0 Å². The highest BCUT2D eigenvalue weighted by Crippen LogP contribution is 2.42. The standard InChI is InChI=1S/C16H15Cl2NO2/c1-2-19-6-5-9-7-10(8-11(9)16(19)21)14-13(20)4-3-12(17)15(14)18/h3-6,10,20H,2,7-8H2,1H3. The fourth-order valence-corrected chi connectivity index (χ4v) is 3.53. The van der Waals surface area contributed by atoms with Gasteiger partial charge < -0.3 is 9.67 Å². The molecule has 110 valence electrons. The molecule has 5 heteroatoms. The Balaban J connectivity index is 2.05. The topological polar surface area (TPSA) is 42.2 Å². The Morgan fingerprint density at radius 3 is 2.76 bits per heavy atom. The smallest absolute Gasteiger partial charge is 0.254 e. The summed E-state index contributed by atoms with van der Waals surface area (Å²) in [6.45, 7) is 2.60. The molecule has 3 nitrogen and oxygen atoms in total. The van der Waals surface area contributed by atoms with Crippen LogP contribution in [0.4, 0.5) is 0 Å². The molecule has 1 heterocycles. The van der Waals surface area contributed by atoms with Gasteiger partial charge in [0.1, 0.15) is 5.75 Å². The quantitative estimate of drug-likeness (QED) is 0.914. The normalized spacial score (nSPS) is 17.0. The van der Waals surface area contributed by atoms with Gasteiger partial charge in [0.2, 0.25) is 0 Å². The first-order chi connectivity index (χ1) is 10.0. The number of halogens is 2. The number of fused-ring (bicyclic) bond motifs is 1. The second kappa shape index (κ2) is 5.39. The monoisotopic (exact) mass is 323 g/mol. The van der Waals surface area contributed by atoms with Gasteiger partial charge in [-0.05, 0) is 49.4 Å². The summed E-state index contributed by atoms with van der Waals surface area (Å²) in [5, 5.41) is 10.9. The fraction of sp³-hybridized carbons (Fsp3) is 0.312. The molecule has 1 aromatic heterocycles. The van der Waals surface area contributed by atoms with Crippen LogP contribution in [0.25, 0.3) is 0 Å². The Bertz CT molecular complexity index is 768. The second-order valence-electron chi connectivity index (χ2n) is 5.31. The molecule has 0 bridgehead atoms. The Morgan fingerprint density at radius 1 is 1.29 bits per heavy atom. The van der Waals surface area contributed by atoms with Crippen molar-refractivity contribution in [3.8, 4) is 5.75 Å². The minimum atomic E-state index is -0.00777. The third-order valence-corrected chi connectivity index (χ3v) is 4.96. The Morgan fingerprint density at radius 2 is 2.05 bits per heavy atom.